The van der Waals surface area contributed by atoms with Gasteiger partial charge in [-0.2, -0.15) is 15.1 Å². The molecule has 3 N–H and O–H groups in total. The number of H-pyrrole nitrogens is 1. The highest BCUT2D eigenvalue weighted by atomic mass is 19.1. The number of aromatic amines is 1. The lowest BCUT2D eigenvalue weighted by molar-refractivity contribution is 0.188. The number of aromatic nitrogens is 4. The molecule has 3 aliphatic heterocycles. The molecule has 0 unspecified atom stereocenters. The van der Waals surface area contributed by atoms with Gasteiger partial charge in [0.25, 0.3) is 0 Å². The zero-order valence-corrected chi connectivity index (χ0v) is 22.1. The summed E-state index contributed by atoms with van der Waals surface area (Å²) in [7, 11) is 2.07. The van der Waals surface area contributed by atoms with E-state index in [0.717, 1.165) is 61.8 Å². The van der Waals surface area contributed by atoms with Crippen molar-refractivity contribution in [2.24, 2.45) is 0 Å². The van der Waals surface area contributed by atoms with Gasteiger partial charge in [0.2, 0.25) is 0 Å². The summed E-state index contributed by atoms with van der Waals surface area (Å²) in [5.41, 5.74) is 1.53. The predicted octanol–water partition coefficient (Wildman–Crippen LogP) is 4.25. The van der Waals surface area contributed by atoms with Crippen molar-refractivity contribution < 1.29 is 13.5 Å². The van der Waals surface area contributed by atoms with Gasteiger partial charge in [0, 0.05) is 42.0 Å². The average Bonchev–Trinajstić information content (AvgIpc) is 3.63. The Bertz CT molecular complexity index is 1550. The number of hydrogen-bond acceptors (Lipinski definition) is 8. The summed E-state index contributed by atoms with van der Waals surface area (Å²) in [6.07, 6.45) is 4.30. The van der Waals surface area contributed by atoms with Crippen molar-refractivity contribution in [1.29, 1.82) is 0 Å². The van der Waals surface area contributed by atoms with Crippen LogP contribution in [0.15, 0.2) is 24.3 Å². The number of nitrogens with one attached hydrogen (secondary N) is 3. The second-order valence-corrected chi connectivity index (χ2v) is 11.1. The largest absolute Gasteiger partial charge is 0.462 e. The Morgan fingerprint density at radius 3 is 2.69 bits per heavy atom. The molecule has 4 aromatic rings. The molecule has 3 saturated heterocycles. The van der Waals surface area contributed by atoms with Gasteiger partial charge in [0.05, 0.1) is 5.52 Å². The van der Waals surface area contributed by atoms with Crippen LogP contribution in [0.1, 0.15) is 31.2 Å². The van der Waals surface area contributed by atoms with E-state index < -0.39 is 11.6 Å². The van der Waals surface area contributed by atoms with E-state index in [-0.39, 0.29) is 23.3 Å². The molecule has 39 heavy (non-hydrogen) atoms. The molecule has 2 aromatic heterocycles. The first-order chi connectivity index (χ1) is 18.9. The van der Waals surface area contributed by atoms with Gasteiger partial charge in [0.1, 0.15) is 23.6 Å². The Balaban J connectivity index is 1.30. The number of anilines is 3. The molecule has 5 heterocycles. The molecule has 0 amide bonds. The quantitative estimate of drug-likeness (QED) is 0.338. The van der Waals surface area contributed by atoms with Crippen molar-refractivity contribution in [2.75, 3.05) is 43.5 Å². The van der Waals surface area contributed by atoms with Crippen molar-refractivity contribution in [3.8, 4) is 6.01 Å². The summed E-state index contributed by atoms with van der Waals surface area (Å²) in [4.78, 5) is 13.6. The first-order valence-corrected chi connectivity index (χ1v) is 13.7. The second-order valence-electron chi connectivity index (χ2n) is 11.1. The van der Waals surface area contributed by atoms with Crippen LogP contribution in [-0.4, -0.2) is 76.5 Å². The minimum absolute atomic E-state index is 0.0283. The van der Waals surface area contributed by atoms with E-state index in [0.29, 0.717) is 35.7 Å². The number of rotatable bonds is 6. The number of likely N-dealkylation sites (N-methyl/N-ethyl adjacent to an activating group) is 1. The van der Waals surface area contributed by atoms with Crippen molar-refractivity contribution >= 4 is 39.1 Å². The molecule has 0 saturated carbocycles. The highest BCUT2D eigenvalue weighted by Crippen LogP contribution is 2.37. The topological polar surface area (TPSA) is 94.2 Å². The van der Waals surface area contributed by atoms with Crippen LogP contribution in [0.2, 0.25) is 0 Å². The maximum atomic E-state index is 16.2. The zero-order valence-electron chi connectivity index (χ0n) is 22.1. The Labute approximate surface area is 224 Å². The first kappa shape index (κ1) is 24.5. The van der Waals surface area contributed by atoms with E-state index in [1.165, 1.54) is 6.07 Å². The fraction of sp³-hybridized carbons (Fsp3) is 0.464. The molecule has 0 radical (unpaired) electrons. The monoisotopic (exact) mass is 534 g/mol. The summed E-state index contributed by atoms with van der Waals surface area (Å²) >= 11 is 0. The number of aryl methyl sites for hydroxylation is 1. The van der Waals surface area contributed by atoms with E-state index in [1.54, 1.807) is 0 Å². The molecule has 0 aliphatic carbocycles. The summed E-state index contributed by atoms with van der Waals surface area (Å²) < 4.78 is 37.8. The van der Waals surface area contributed by atoms with Crippen LogP contribution in [0, 0.1) is 18.6 Å². The summed E-state index contributed by atoms with van der Waals surface area (Å²) in [5, 5.41) is 14.8. The fourth-order valence-electron chi connectivity index (χ4n) is 6.31. The van der Waals surface area contributed by atoms with Crippen LogP contribution < -0.4 is 20.3 Å². The second kappa shape index (κ2) is 9.56. The summed E-state index contributed by atoms with van der Waals surface area (Å²) in [6.45, 7) is 4.82. The number of likely N-dealkylation sites (tertiary alicyclic amines) is 1. The molecule has 3 fully saturated rings. The third kappa shape index (κ3) is 4.33. The van der Waals surface area contributed by atoms with Crippen LogP contribution in [0.5, 0.6) is 6.01 Å². The number of halogens is 2. The van der Waals surface area contributed by atoms with E-state index >= 15 is 8.78 Å². The maximum absolute atomic E-state index is 16.2. The lowest BCUT2D eigenvalue weighted by Gasteiger charge is -2.34. The smallest absolute Gasteiger partial charge is 0.319 e. The van der Waals surface area contributed by atoms with Gasteiger partial charge in [-0.1, -0.05) is 12.1 Å². The average molecular weight is 535 g/mol. The van der Waals surface area contributed by atoms with Crippen LogP contribution in [0.3, 0.4) is 0 Å². The number of piperazine rings is 1. The Morgan fingerprint density at radius 2 is 1.92 bits per heavy atom. The molecule has 204 valence electrons. The van der Waals surface area contributed by atoms with Crippen molar-refractivity contribution in [3.05, 3.63) is 41.5 Å². The molecule has 3 aliphatic rings. The van der Waals surface area contributed by atoms with E-state index in [4.69, 9.17) is 9.72 Å². The van der Waals surface area contributed by atoms with Gasteiger partial charge in [-0.15, -0.1) is 0 Å². The first-order valence-electron chi connectivity index (χ1n) is 13.7. The fourth-order valence-corrected chi connectivity index (χ4v) is 6.31. The lowest BCUT2D eigenvalue weighted by atomic mass is 10.1. The van der Waals surface area contributed by atoms with Crippen molar-refractivity contribution in [1.82, 2.24) is 30.4 Å². The lowest BCUT2D eigenvalue weighted by Crippen LogP contribution is -2.51. The molecule has 2 bridgehead atoms. The number of benzene rings is 2. The Kier molecular flexibility index (Phi) is 6.00. The molecule has 2 aromatic carbocycles. The normalized spacial score (nSPS) is 23.3. The maximum Gasteiger partial charge on any atom is 0.319 e. The molecular weight excluding hydrogens is 502 g/mol. The molecule has 11 heteroatoms. The highest BCUT2D eigenvalue weighted by molar-refractivity contribution is 5.96. The standard InChI is InChI=1S/C28H32F2N8O/c1-15-5-3-7-19-23(15)35-36-26(19)32-25-21(29)11-20-24(22(25)30)33-28(39-14-18-6-4-10-37(18)2)34-27(20)38-12-16-8-9-17(13-38)31-16/h3,5,7,11,16-18,31H,4,6,8-10,12-14H2,1-2H3,(H2,32,35,36)/t16-,17+,18-/m0/s1. The van der Waals surface area contributed by atoms with E-state index in [2.05, 4.69) is 42.7 Å². The summed E-state index contributed by atoms with van der Waals surface area (Å²) in [6, 6.07) is 8.05. The van der Waals surface area contributed by atoms with E-state index in [9.17, 15) is 0 Å². The third-order valence-corrected chi connectivity index (χ3v) is 8.49. The Morgan fingerprint density at radius 1 is 1.10 bits per heavy atom. The van der Waals surface area contributed by atoms with Gasteiger partial charge in [0.15, 0.2) is 17.5 Å². The molecule has 7 rings (SSSR count). The van der Waals surface area contributed by atoms with Gasteiger partial charge in [-0.3, -0.25) is 5.10 Å². The predicted molar refractivity (Wildman–Crippen MR) is 147 cm³/mol. The zero-order chi connectivity index (χ0) is 26.7. The summed E-state index contributed by atoms with van der Waals surface area (Å²) in [5.74, 6) is -0.663. The van der Waals surface area contributed by atoms with Crippen LogP contribution in [-0.2, 0) is 0 Å². The van der Waals surface area contributed by atoms with Crippen LogP contribution in [0.4, 0.5) is 26.1 Å². The number of hydrogen-bond donors (Lipinski definition) is 3. The molecule has 9 nitrogen and oxygen atoms in total. The van der Waals surface area contributed by atoms with Crippen molar-refractivity contribution in [2.45, 2.75) is 50.7 Å². The van der Waals surface area contributed by atoms with Gasteiger partial charge < -0.3 is 25.2 Å². The van der Waals surface area contributed by atoms with E-state index in [1.807, 2.05) is 25.1 Å². The number of para-hydroxylation sites is 1. The Hall–Kier alpha value is -3.57. The van der Waals surface area contributed by atoms with Crippen molar-refractivity contribution in [3.63, 3.8) is 0 Å². The third-order valence-electron chi connectivity index (χ3n) is 8.49. The van der Waals surface area contributed by atoms with Crippen LogP contribution in [0.25, 0.3) is 21.8 Å². The SMILES string of the molecule is Cc1cccc2c(Nc3c(F)cc4c(N5C[C@H]6CC[C@@H](C5)N6)nc(OC[C@@H]5CCCN5C)nc4c3F)n[nH]c12. The van der Waals surface area contributed by atoms with Gasteiger partial charge in [-0.25, -0.2) is 8.78 Å². The molecule has 0 spiro atoms. The highest BCUT2D eigenvalue weighted by Gasteiger charge is 2.34. The molecule has 3 atom stereocenters. The minimum Gasteiger partial charge on any atom is -0.462 e. The number of fused-ring (bicyclic) bond motifs is 4. The molecular formula is C28H32F2N8O. The van der Waals surface area contributed by atoms with Gasteiger partial charge >= 0.3 is 6.01 Å². The minimum atomic E-state index is -0.793. The van der Waals surface area contributed by atoms with Gasteiger partial charge in [-0.05, 0) is 63.9 Å². The number of ether oxygens (including phenoxy) is 1. The number of nitrogens with zero attached hydrogens (tertiary/aromatic N) is 5. The van der Waals surface area contributed by atoms with Crippen LogP contribution >= 0.6 is 0 Å².